The maximum absolute atomic E-state index is 12.0. The maximum Gasteiger partial charge on any atom is 0.286 e. The summed E-state index contributed by atoms with van der Waals surface area (Å²) < 4.78 is 0. The van der Waals surface area contributed by atoms with E-state index in [-0.39, 0.29) is 16.0 Å². The summed E-state index contributed by atoms with van der Waals surface area (Å²) in [7, 11) is 0. The van der Waals surface area contributed by atoms with E-state index in [0.29, 0.717) is 16.2 Å². The topological polar surface area (TPSA) is 93.8 Å². The first kappa shape index (κ1) is 12.8. The highest BCUT2D eigenvalue weighted by atomic mass is 35.5. The van der Waals surface area contributed by atoms with Crippen LogP contribution in [0.5, 0.6) is 0 Å². The van der Waals surface area contributed by atoms with Crippen molar-refractivity contribution in [1.29, 1.82) is 0 Å². The van der Waals surface area contributed by atoms with Crippen LogP contribution < -0.4 is 11.1 Å². The largest absolute Gasteiger partial charge is 0.374 e. The van der Waals surface area contributed by atoms with E-state index in [1.54, 1.807) is 24.4 Å². The van der Waals surface area contributed by atoms with Crippen LogP contribution in [0.2, 0.25) is 5.02 Å². The Balaban J connectivity index is 1.99. The van der Waals surface area contributed by atoms with Crippen molar-refractivity contribution in [3.05, 3.63) is 40.5 Å². The lowest BCUT2D eigenvalue weighted by Gasteiger charge is -2.07. The van der Waals surface area contributed by atoms with E-state index in [2.05, 4.69) is 20.5 Å². The first-order valence-corrected chi connectivity index (χ1v) is 6.78. The molecule has 0 saturated carbocycles. The van der Waals surface area contributed by atoms with E-state index in [9.17, 15) is 4.79 Å². The van der Waals surface area contributed by atoms with Crippen LogP contribution in [0.4, 0.5) is 10.8 Å². The second-order valence-corrected chi connectivity index (χ2v) is 5.31. The Morgan fingerprint density at radius 1 is 1.30 bits per heavy atom. The van der Waals surface area contributed by atoms with Gasteiger partial charge in [0.2, 0.25) is 10.1 Å². The minimum Gasteiger partial charge on any atom is -0.374 e. The molecule has 0 radical (unpaired) electrons. The predicted octanol–water partition coefficient (Wildman–Crippen LogP) is 2.57. The number of benzene rings is 1. The molecule has 0 aliphatic rings. The van der Waals surface area contributed by atoms with E-state index in [4.69, 9.17) is 17.3 Å². The zero-order chi connectivity index (χ0) is 14.1. The lowest BCUT2D eigenvalue weighted by atomic mass is 10.2. The molecule has 0 saturated heterocycles. The number of carbonyl (C=O) groups excluding carboxylic acids is 1. The number of anilines is 2. The smallest absolute Gasteiger partial charge is 0.286 e. The molecule has 3 rings (SSSR count). The lowest BCUT2D eigenvalue weighted by molar-refractivity contribution is 0.102. The van der Waals surface area contributed by atoms with Crippen molar-refractivity contribution < 1.29 is 4.79 Å². The Hall–Kier alpha value is -2.25. The zero-order valence-corrected chi connectivity index (χ0v) is 11.6. The van der Waals surface area contributed by atoms with E-state index < -0.39 is 0 Å². The van der Waals surface area contributed by atoms with Gasteiger partial charge in [-0.25, -0.2) is 0 Å². The summed E-state index contributed by atoms with van der Waals surface area (Å²) >= 11 is 7.12. The molecule has 3 N–H and O–H groups in total. The zero-order valence-electron chi connectivity index (χ0n) is 10.0. The summed E-state index contributed by atoms with van der Waals surface area (Å²) in [5.74, 6) is -0.381. The molecule has 0 fully saturated rings. The number of nitrogens with one attached hydrogen (secondary N) is 1. The van der Waals surface area contributed by atoms with Gasteiger partial charge in [-0.15, -0.1) is 10.2 Å². The van der Waals surface area contributed by atoms with Crippen LogP contribution in [-0.2, 0) is 0 Å². The Labute approximate surface area is 122 Å². The molecule has 0 bridgehead atoms. The number of hydrogen-bond acceptors (Lipinski definition) is 6. The van der Waals surface area contributed by atoms with Gasteiger partial charge in [-0.05, 0) is 24.3 Å². The molecule has 0 unspecified atom stereocenters. The normalized spacial score (nSPS) is 10.7. The highest BCUT2D eigenvalue weighted by Crippen LogP contribution is 2.28. The van der Waals surface area contributed by atoms with Crippen molar-refractivity contribution in [3.63, 3.8) is 0 Å². The summed E-state index contributed by atoms with van der Waals surface area (Å²) in [5.41, 5.74) is 6.63. The standard InChI is InChI=1S/C12H8ClN5OS/c13-7-3-4-8(9-6(7)2-1-5-15-9)16-10(19)11-17-18-12(14)20-11/h1-5H,(H2,14,18)(H,16,19). The maximum atomic E-state index is 12.0. The van der Waals surface area contributed by atoms with Crippen molar-refractivity contribution >= 4 is 50.6 Å². The number of rotatable bonds is 2. The second kappa shape index (κ2) is 5.03. The van der Waals surface area contributed by atoms with Gasteiger partial charge >= 0.3 is 0 Å². The van der Waals surface area contributed by atoms with Gasteiger partial charge in [-0.1, -0.05) is 22.9 Å². The Morgan fingerprint density at radius 3 is 2.90 bits per heavy atom. The van der Waals surface area contributed by atoms with E-state index >= 15 is 0 Å². The molecule has 2 aromatic heterocycles. The van der Waals surface area contributed by atoms with Gasteiger partial charge in [-0.2, -0.15) is 0 Å². The van der Waals surface area contributed by atoms with Crippen LogP contribution in [0, 0.1) is 0 Å². The first-order chi connectivity index (χ1) is 9.65. The Kier molecular flexibility index (Phi) is 3.21. The van der Waals surface area contributed by atoms with Crippen LogP contribution in [0.25, 0.3) is 10.9 Å². The number of fused-ring (bicyclic) bond motifs is 1. The van der Waals surface area contributed by atoms with Gasteiger partial charge < -0.3 is 11.1 Å². The summed E-state index contributed by atoms with van der Waals surface area (Å²) in [4.78, 5) is 16.3. The van der Waals surface area contributed by atoms with Crippen molar-refractivity contribution in [3.8, 4) is 0 Å². The molecule has 0 spiro atoms. The molecule has 0 aliphatic carbocycles. The highest BCUT2D eigenvalue weighted by molar-refractivity contribution is 7.17. The molecule has 3 aromatic rings. The molecule has 8 heteroatoms. The molecule has 100 valence electrons. The van der Waals surface area contributed by atoms with Crippen LogP contribution in [0.1, 0.15) is 9.80 Å². The fraction of sp³-hybridized carbons (Fsp3) is 0. The van der Waals surface area contributed by atoms with Crippen molar-refractivity contribution in [1.82, 2.24) is 15.2 Å². The lowest BCUT2D eigenvalue weighted by Crippen LogP contribution is -2.12. The third kappa shape index (κ3) is 2.28. The molecule has 20 heavy (non-hydrogen) atoms. The molecular formula is C12H8ClN5OS. The average molecular weight is 306 g/mol. The number of nitrogens with two attached hydrogens (primary N) is 1. The molecule has 2 heterocycles. The minimum absolute atomic E-state index is 0.196. The number of nitrogens with zero attached hydrogens (tertiary/aromatic N) is 3. The third-order valence-electron chi connectivity index (χ3n) is 2.60. The number of nitrogen functional groups attached to an aromatic ring is 1. The number of pyridine rings is 1. The van der Waals surface area contributed by atoms with E-state index in [0.717, 1.165) is 16.7 Å². The predicted molar refractivity (Wildman–Crippen MR) is 79.0 cm³/mol. The van der Waals surface area contributed by atoms with Gasteiger partial charge in [0.05, 0.1) is 16.2 Å². The average Bonchev–Trinajstić information content (AvgIpc) is 2.89. The summed E-state index contributed by atoms with van der Waals surface area (Å²) in [6.07, 6.45) is 1.64. The van der Waals surface area contributed by atoms with Gasteiger partial charge in [0, 0.05) is 11.6 Å². The number of amides is 1. The SMILES string of the molecule is Nc1nnc(C(=O)Nc2ccc(Cl)c3cccnc23)s1. The molecule has 0 atom stereocenters. The third-order valence-corrected chi connectivity index (χ3v) is 3.68. The quantitative estimate of drug-likeness (QED) is 0.759. The highest BCUT2D eigenvalue weighted by Gasteiger charge is 2.14. The van der Waals surface area contributed by atoms with Gasteiger partial charge in [0.1, 0.15) is 0 Å². The number of aromatic nitrogens is 3. The molecule has 0 aliphatic heterocycles. The number of halogens is 1. The monoisotopic (exact) mass is 305 g/mol. The van der Waals surface area contributed by atoms with Crippen molar-refractivity contribution in [2.24, 2.45) is 0 Å². The van der Waals surface area contributed by atoms with Crippen LogP contribution >= 0.6 is 22.9 Å². The molecular weight excluding hydrogens is 298 g/mol. The summed E-state index contributed by atoms with van der Waals surface area (Å²) in [5, 5.41) is 11.8. The van der Waals surface area contributed by atoms with Crippen molar-refractivity contribution in [2.45, 2.75) is 0 Å². The number of carbonyl (C=O) groups is 1. The first-order valence-electron chi connectivity index (χ1n) is 5.59. The van der Waals surface area contributed by atoms with Gasteiger partial charge in [0.25, 0.3) is 5.91 Å². The van der Waals surface area contributed by atoms with Crippen molar-refractivity contribution in [2.75, 3.05) is 11.1 Å². The molecule has 1 aromatic carbocycles. The fourth-order valence-electron chi connectivity index (χ4n) is 1.74. The van der Waals surface area contributed by atoms with E-state index in [1.807, 2.05) is 6.07 Å². The fourth-order valence-corrected chi connectivity index (χ4v) is 2.46. The Morgan fingerprint density at radius 2 is 2.15 bits per heavy atom. The minimum atomic E-state index is -0.381. The number of hydrogen-bond donors (Lipinski definition) is 2. The Bertz CT molecular complexity index is 803. The summed E-state index contributed by atoms with van der Waals surface area (Å²) in [6.45, 7) is 0. The second-order valence-electron chi connectivity index (χ2n) is 3.89. The van der Waals surface area contributed by atoms with Gasteiger partial charge in [-0.3, -0.25) is 9.78 Å². The molecule has 6 nitrogen and oxygen atoms in total. The van der Waals surface area contributed by atoms with Gasteiger partial charge in [0.15, 0.2) is 0 Å². The van der Waals surface area contributed by atoms with Crippen LogP contribution in [-0.4, -0.2) is 21.1 Å². The molecule has 1 amide bonds. The van der Waals surface area contributed by atoms with Crippen LogP contribution in [0.15, 0.2) is 30.5 Å². The summed E-state index contributed by atoms with van der Waals surface area (Å²) in [6, 6.07) is 7.02. The van der Waals surface area contributed by atoms with E-state index in [1.165, 1.54) is 0 Å². The van der Waals surface area contributed by atoms with Crippen LogP contribution in [0.3, 0.4) is 0 Å².